The highest BCUT2D eigenvalue weighted by atomic mass is 16.9. The van der Waals surface area contributed by atoms with Crippen molar-refractivity contribution in [2.45, 2.75) is 109 Å². The Hall–Kier alpha value is -3.31. The summed E-state index contributed by atoms with van der Waals surface area (Å²) in [5.41, 5.74) is 0.543. The van der Waals surface area contributed by atoms with Gasteiger partial charge in [0.2, 0.25) is 5.91 Å². The summed E-state index contributed by atoms with van der Waals surface area (Å²) in [6.45, 7) is 1.67. The molecule has 2 rings (SSSR count). The molecule has 3 N–H and O–H groups in total. The van der Waals surface area contributed by atoms with Gasteiger partial charge in [-0.25, -0.2) is 4.79 Å². The Balaban J connectivity index is 1.61. The van der Waals surface area contributed by atoms with Gasteiger partial charge < -0.3 is 25.1 Å². The third-order valence-electron chi connectivity index (χ3n) is 7.61. The van der Waals surface area contributed by atoms with Gasteiger partial charge in [0.25, 0.3) is 5.09 Å². The van der Waals surface area contributed by atoms with Crippen molar-refractivity contribution in [1.29, 1.82) is 0 Å². The third kappa shape index (κ3) is 14.0. The van der Waals surface area contributed by atoms with E-state index in [1.54, 1.807) is 0 Å². The lowest BCUT2D eigenvalue weighted by Crippen LogP contribution is -2.31. The molecular formula is C31H46N2O9. The number of benzene rings is 1. The molecule has 11 heteroatoms. The minimum Gasteiger partial charge on any atom is -0.425 e. The molecular weight excluding hydrogens is 544 g/mol. The van der Waals surface area contributed by atoms with Gasteiger partial charge in [-0.1, -0.05) is 56.9 Å². The molecule has 0 spiro atoms. The van der Waals surface area contributed by atoms with Crippen molar-refractivity contribution >= 4 is 17.7 Å². The molecule has 11 nitrogen and oxygen atoms in total. The summed E-state index contributed by atoms with van der Waals surface area (Å²) >= 11 is 0. The summed E-state index contributed by atoms with van der Waals surface area (Å²) in [6.07, 6.45) is 12.3. The highest BCUT2D eigenvalue weighted by molar-refractivity contribution is 5.82. The Morgan fingerprint density at radius 2 is 1.69 bits per heavy atom. The number of hydrogen-bond donors (Lipinski definition) is 3. The Morgan fingerprint density at radius 3 is 2.40 bits per heavy atom. The van der Waals surface area contributed by atoms with Crippen LogP contribution in [0.15, 0.2) is 36.4 Å². The summed E-state index contributed by atoms with van der Waals surface area (Å²) in [7, 11) is 0. The standard InChI is InChI=1S/C31H46N2O9/c1-2-3-4-5-8-11-24(34)16-19-27-26(28(35)20-29(27)36)12-9-6-7-10-13-30(37)32-21-31(38)42-25-17-14-23(15-18-25)22-41-33(39)40/h6,9,14-15,17-18,26-29,35-36H,2-5,7-8,10-13,16,19-22H2,1H3,(H,32,37)/b9-6-/t26-,27-,28+,29-/m1/s1. The van der Waals surface area contributed by atoms with Gasteiger partial charge >= 0.3 is 5.97 Å². The Kier molecular flexibility index (Phi) is 16.4. The molecule has 0 aromatic heterocycles. The topological polar surface area (TPSA) is 165 Å². The molecule has 234 valence electrons. The fourth-order valence-electron chi connectivity index (χ4n) is 5.24. The predicted octanol–water partition coefficient (Wildman–Crippen LogP) is 4.60. The Bertz CT molecular complexity index is 1010. The summed E-state index contributed by atoms with van der Waals surface area (Å²) in [6, 6.07) is 6.03. The maximum atomic E-state index is 12.3. The number of carbonyl (C=O) groups excluding carboxylic acids is 3. The lowest BCUT2D eigenvalue weighted by atomic mass is 9.86. The molecule has 1 amide bonds. The zero-order valence-electron chi connectivity index (χ0n) is 24.6. The molecule has 1 aliphatic rings. The number of allylic oxidation sites excluding steroid dienone is 2. The van der Waals surface area contributed by atoms with Crippen molar-refractivity contribution in [2.24, 2.45) is 11.8 Å². The van der Waals surface area contributed by atoms with Crippen LogP contribution in [0.3, 0.4) is 0 Å². The van der Waals surface area contributed by atoms with E-state index in [1.165, 1.54) is 37.1 Å². The second kappa shape index (κ2) is 19.7. The predicted molar refractivity (Wildman–Crippen MR) is 156 cm³/mol. The second-order valence-electron chi connectivity index (χ2n) is 10.9. The molecule has 0 bridgehead atoms. The Morgan fingerprint density at radius 1 is 0.976 bits per heavy atom. The van der Waals surface area contributed by atoms with Crippen LogP contribution in [0.5, 0.6) is 5.75 Å². The summed E-state index contributed by atoms with van der Waals surface area (Å²) in [5, 5.41) is 32.8. The highest BCUT2D eigenvalue weighted by Gasteiger charge is 2.40. The fourth-order valence-corrected chi connectivity index (χ4v) is 5.24. The average Bonchev–Trinajstić information content (AvgIpc) is 3.23. The minimum atomic E-state index is -0.889. The van der Waals surface area contributed by atoms with E-state index in [9.17, 15) is 34.7 Å². The Labute approximate surface area is 247 Å². The number of aliphatic hydroxyl groups excluding tert-OH is 2. The third-order valence-corrected chi connectivity index (χ3v) is 7.61. The summed E-state index contributed by atoms with van der Waals surface area (Å²) < 4.78 is 5.14. The maximum Gasteiger partial charge on any atom is 0.330 e. The zero-order valence-corrected chi connectivity index (χ0v) is 24.6. The summed E-state index contributed by atoms with van der Waals surface area (Å²) in [5.74, 6) is -0.628. The molecule has 0 unspecified atom stereocenters. The fraction of sp³-hybridized carbons (Fsp3) is 0.645. The summed E-state index contributed by atoms with van der Waals surface area (Å²) in [4.78, 5) is 50.9. The van der Waals surface area contributed by atoms with Gasteiger partial charge in [0.1, 0.15) is 24.7 Å². The highest BCUT2D eigenvalue weighted by Crippen LogP contribution is 2.38. The number of hydrogen-bond acceptors (Lipinski definition) is 9. The van der Waals surface area contributed by atoms with E-state index in [1.807, 2.05) is 12.2 Å². The molecule has 1 saturated carbocycles. The lowest BCUT2D eigenvalue weighted by Gasteiger charge is -2.22. The monoisotopic (exact) mass is 590 g/mol. The van der Waals surface area contributed by atoms with Gasteiger partial charge in [0, 0.05) is 19.3 Å². The maximum absolute atomic E-state index is 12.3. The molecule has 0 saturated heterocycles. The van der Waals surface area contributed by atoms with Crippen LogP contribution in [-0.2, 0) is 25.8 Å². The number of aliphatic hydroxyl groups is 2. The van der Waals surface area contributed by atoms with Crippen LogP contribution in [0.4, 0.5) is 0 Å². The average molecular weight is 591 g/mol. The zero-order chi connectivity index (χ0) is 30.7. The number of rotatable bonds is 21. The van der Waals surface area contributed by atoms with Crippen molar-refractivity contribution in [2.75, 3.05) is 6.54 Å². The first-order valence-electron chi connectivity index (χ1n) is 15.1. The number of carbonyl (C=O) groups is 3. The van der Waals surface area contributed by atoms with Crippen molar-refractivity contribution in [1.82, 2.24) is 5.32 Å². The number of nitrogens with one attached hydrogen (secondary N) is 1. The van der Waals surface area contributed by atoms with Crippen LogP contribution < -0.4 is 10.1 Å². The number of nitrogens with zero attached hydrogens (tertiary/aromatic N) is 1. The number of esters is 1. The van der Waals surface area contributed by atoms with Crippen LogP contribution >= 0.6 is 0 Å². The molecule has 0 radical (unpaired) electrons. The van der Waals surface area contributed by atoms with Crippen LogP contribution in [0.25, 0.3) is 0 Å². The molecule has 1 aromatic carbocycles. The minimum absolute atomic E-state index is 0.0894. The number of ether oxygens (including phenoxy) is 1. The van der Waals surface area contributed by atoms with Crippen LogP contribution in [-0.4, -0.2) is 51.7 Å². The van der Waals surface area contributed by atoms with Crippen molar-refractivity contribution in [3.8, 4) is 5.75 Å². The van der Waals surface area contributed by atoms with E-state index in [0.29, 0.717) is 50.5 Å². The molecule has 0 aliphatic heterocycles. The molecule has 1 aliphatic carbocycles. The molecule has 0 heterocycles. The molecule has 42 heavy (non-hydrogen) atoms. The van der Waals surface area contributed by atoms with E-state index < -0.39 is 23.3 Å². The smallest absolute Gasteiger partial charge is 0.330 e. The number of Topliss-reactive ketones (excluding diaryl/α,β-unsaturated/α-hetero) is 1. The molecule has 1 fully saturated rings. The van der Waals surface area contributed by atoms with E-state index in [4.69, 9.17) is 4.74 Å². The normalized spacial score (nSPS) is 20.0. The largest absolute Gasteiger partial charge is 0.425 e. The van der Waals surface area contributed by atoms with E-state index in [0.717, 1.165) is 19.3 Å². The van der Waals surface area contributed by atoms with E-state index in [2.05, 4.69) is 17.1 Å². The SMILES string of the molecule is CCCCCCCC(=O)CC[C@@H]1[C@@H](C/C=C\CCCC(=O)NCC(=O)Oc2ccc(CO[N+](=O)[O-])cc2)[C@@H](O)C[C@H]1O. The van der Waals surface area contributed by atoms with Gasteiger partial charge in [-0.15, -0.1) is 10.1 Å². The van der Waals surface area contributed by atoms with Gasteiger partial charge in [-0.2, -0.15) is 0 Å². The van der Waals surface area contributed by atoms with Crippen molar-refractivity contribution in [3.05, 3.63) is 52.1 Å². The number of amides is 1. The first-order valence-corrected chi connectivity index (χ1v) is 15.1. The van der Waals surface area contributed by atoms with E-state index >= 15 is 0 Å². The quantitative estimate of drug-likeness (QED) is 0.0463. The first kappa shape index (κ1) is 34.9. The van der Waals surface area contributed by atoms with E-state index in [-0.39, 0.29) is 48.8 Å². The van der Waals surface area contributed by atoms with Gasteiger partial charge in [-0.05, 0) is 68.1 Å². The number of ketones is 1. The van der Waals surface area contributed by atoms with Crippen LogP contribution in [0.1, 0.15) is 96.0 Å². The molecule has 1 aromatic rings. The van der Waals surface area contributed by atoms with Gasteiger partial charge in [-0.3, -0.25) is 9.59 Å². The van der Waals surface area contributed by atoms with Crippen molar-refractivity contribution < 1.29 is 39.3 Å². The van der Waals surface area contributed by atoms with Gasteiger partial charge in [0.05, 0.1) is 12.2 Å². The van der Waals surface area contributed by atoms with Crippen molar-refractivity contribution in [3.63, 3.8) is 0 Å². The number of unbranched alkanes of at least 4 members (excludes halogenated alkanes) is 5. The second-order valence-corrected chi connectivity index (χ2v) is 10.9. The molecule has 4 atom stereocenters. The lowest BCUT2D eigenvalue weighted by molar-refractivity contribution is -0.763. The van der Waals surface area contributed by atoms with Crippen LogP contribution in [0.2, 0.25) is 0 Å². The van der Waals surface area contributed by atoms with Crippen LogP contribution in [0, 0.1) is 22.0 Å². The first-order chi connectivity index (χ1) is 20.2. The van der Waals surface area contributed by atoms with Gasteiger partial charge in [0.15, 0.2) is 0 Å².